The molecule has 14 nitrogen and oxygen atoms in total. The third-order valence-corrected chi connectivity index (χ3v) is 10.7. The number of aliphatic hydroxyl groups excluding tert-OH is 6. The lowest BCUT2D eigenvalue weighted by Crippen LogP contribution is -2.64. The molecule has 4 unspecified atom stereocenters. The second-order valence-corrected chi connectivity index (χ2v) is 16.7. The first kappa shape index (κ1) is 58.5. The van der Waals surface area contributed by atoms with E-state index in [0.717, 1.165) is 64.2 Å². The lowest BCUT2D eigenvalue weighted by Gasteiger charge is -2.41. The number of aliphatic hydroxyl groups is 6. The van der Waals surface area contributed by atoms with Crippen LogP contribution in [0.2, 0.25) is 0 Å². The Morgan fingerprint density at radius 3 is 1.64 bits per heavy atom. The molecule has 0 aromatic rings. The van der Waals surface area contributed by atoms with Crippen LogP contribution in [0.5, 0.6) is 0 Å². The lowest BCUT2D eigenvalue weighted by molar-refractivity contribution is -0.220. The number of unbranched alkanes of at least 4 members (excludes halogenated alkanes) is 5. The standard InChI is InChI=1S/C49H77O14P/c1-3-5-7-8-9-10-11-12-13-14-15-16-20-23-26-29-32-36-42(51)60-38-41(39-61-64(58,59)63-49-47(56)45(54)44(53)46(55)48(49)57)62-43(52)37-33-30-27-24-21-18-17-19-22-25-28-31-35-40(50)34-6-4-2/h5-7,9-10,12-13,15-18,22,24-25,27-28,31,34,40-41,44-50,53-57H,3-4,8,11,14,19-21,23,26,29-30,32-33,35-39H2,1-2H3,(H,58,59)/b7-5-,10-9-,13-12-,16-15-,18-17-,25-22-,27-24-,31-28+,34-6-/t40?,41-,44?,45-,46+,47-,48-,49?/m1/s1. The number of esters is 2. The number of allylic oxidation sites excluding steroid dienone is 16. The van der Waals surface area contributed by atoms with Crippen molar-refractivity contribution in [1.29, 1.82) is 0 Å². The van der Waals surface area contributed by atoms with Gasteiger partial charge in [0.05, 0.1) is 12.7 Å². The summed E-state index contributed by atoms with van der Waals surface area (Å²) in [6.07, 6.45) is 34.8. The lowest BCUT2D eigenvalue weighted by atomic mass is 9.85. The molecule has 0 saturated heterocycles. The van der Waals surface area contributed by atoms with E-state index in [1.807, 2.05) is 61.6 Å². The summed E-state index contributed by atoms with van der Waals surface area (Å²) >= 11 is 0. The van der Waals surface area contributed by atoms with Gasteiger partial charge in [-0.3, -0.25) is 18.6 Å². The van der Waals surface area contributed by atoms with Crippen molar-refractivity contribution in [3.63, 3.8) is 0 Å². The molecule has 0 spiro atoms. The zero-order chi connectivity index (χ0) is 47.3. The molecule has 1 fully saturated rings. The minimum Gasteiger partial charge on any atom is -0.462 e. The molecule has 0 heterocycles. The van der Waals surface area contributed by atoms with Crippen molar-refractivity contribution < 1.29 is 68.2 Å². The molecule has 0 bridgehead atoms. The van der Waals surface area contributed by atoms with Crippen molar-refractivity contribution in [2.75, 3.05) is 13.2 Å². The number of carbonyl (C=O) groups is 2. The van der Waals surface area contributed by atoms with Gasteiger partial charge >= 0.3 is 19.8 Å². The highest BCUT2D eigenvalue weighted by molar-refractivity contribution is 7.47. The van der Waals surface area contributed by atoms with E-state index in [1.165, 1.54) is 0 Å². The van der Waals surface area contributed by atoms with Crippen LogP contribution in [0.15, 0.2) is 109 Å². The number of rotatable bonds is 35. The maximum Gasteiger partial charge on any atom is 0.472 e. The Balaban J connectivity index is 2.55. The zero-order valence-corrected chi connectivity index (χ0v) is 38.8. The highest BCUT2D eigenvalue weighted by atomic mass is 31.2. The number of phosphoric acid groups is 1. The number of phosphoric ester groups is 1. The first-order valence-corrected chi connectivity index (χ1v) is 24.3. The van der Waals surface area contributed by atoms with Crippen molar-refractivity contribution in [2.45, 2.75) is 172 Å². The smallest absolute Gasteiger partial charge is 0.462 e. The predicted octanol–water partition coefficient (Wildman–Crippen LogP) is 7.80. The van der Waals surface area contributed by atoms with Gasteiger partial charge in [-0.1, -0.05) is 136 Å². The fraction of sp³-hybridized carbons (Fsp3) is 0.592. The zero-order valence-electron chi connectivity index (χ0n) is 37.9. The summed E-state index contributed by atoms with van der Waals surface area (Å²) in [6.45, 7) is 2.86. The van der Waals surface area contributed by atoms with Crippen LogP contribution in [0.4, 0.5) is 0 Å². The normalized spacial score (nSPS) is 23.1. The van der Waals surface area contributed by atoms with Crippen molar-refractivity contribution in [3.05, 3.63) is 109 Å². The quantitative estimate of drug-likeness (QED) is 0.0106. The van der Waals surface area contributed by atoms with E-state index in [2.05, 4.69) is 55.5 Å². The molecule has 1 aliphatic rings. The van der Waals surface area contributed by atoms with Crippen LogP contribution in [0.25, 0.3) is 0 Å². The second kappa shape index (κ2) is 37.7. The number of ether oxygens (including phenoxy) is 2. The SMILES string of the molecule is CC/C=C\C/C=C\C/C=C\C/C=C\CCCCCCC(=O)OC[C@H](COP(=O)(O)OC1[C@H](O)[C@H](O)C(O)[C@H](O)[C@H]1O)OC(=O)CCC/C=C\C/C=C\C/C=C\C=C\CC(O)/C=C\CC. The van der Waals surface area contributed by atoms with Crippen molar-refractivity contribution >= 4 is 19.8 Å². The molecule has 0 aromatic carbocycles. The van der Waals surface area contributed by atoms with Crippen molar-refractivity contribution in [3.8, 4) is 0 Å². The molecule has 0 aliphatic heterocycles. The maximum atomic E-state index is 12.8. The molecule has 1 aliphatic carbocycles. The van der Waals surface area contributed by atoms with Gasteiger partial charge in [-0.2, -0.15) is 0 Å². The molecule has 7 N–H and O–H groups in total. The average molecular weight is 921 g/mol. The Morgan fingerprint density at radius 1 is 0.562 bits per heavy atom. The van der Waals surface area contributed by atoms with E-state index in [0.29, 0.717) is 32.1 Å². The molecular formula is C49H77O14P. The van der Waals surface area contributed by atoms with Gasteiger partial charge in [-0.25, -0.2) is 4.57 Å². The van der Waals surface area contributed by atoms with Gasteiger partial charge in [0.2, 0.25) is 0 Å². The number of hydrogen-bond acceptors (Lipinski definition) is 13. The van der Waals surface area contributed by atoms with Crippen molar-refractivity contribution in [2.24, 2.45) is 0 Å². The Labute approximate surface area is 381 Å². The van der Waals surface area contributed by atoms with Crippen LogP contribution in [-0.2, 0) is 32.7 Å². The molecule has 0 radical (unpaired) electrons. The van der Waals surface area contributed by atoms with Gasteiger partial charge in [0, 0.05) is 12.8 Å². The van der Waals surface area contributed by atoms with Gasteiger partial charge in [0.1, 0.15) is 43.2 Å². The summed E-state index contributed by atoms with van der Waals surface area (Å²) in [5.41, 5.74) is 0. The first-order chi connectivity index (χ1) is 30.8. The second-order valence-electron chi connectivity index (χ2n) is 15.3. The number of carbonyl (C=O) groups excluding carboxylic acids is 2. The molecule has 15 heteroatoms. The molecule has 1 rings (SSSR count). The van der Waals surface area contributed by atoms with Gasteiger partial charge in [-0.15, -0.1) is 0 Å². The van der Waals surface area contributed by atoms with Gasteiger partial charge in [0.15, 0.2) is 6.10 Å². The van der Waals surface area contributed by atoms with E-state index in [1.54, 1.807) is 6.08 Å². The minimum atomic E-state index is -5.16. The largest absolute Gasteiger partial charge is 0.472 e. The fourth-order valence-corrected chi connectivity index (χ4v) is 7.01. The summed E-state index contributed by atoms with van der Waals surface area (Å²) in [4.78, 5) is 35.7. The Bertz CT molecular complexity index is 1550. The predicted molar refractivity (Wildman–Crippen MR) is 250 cm³/mol. The average Bonchev–Trinajstić information content (AvgIpc) is 3.27. The van der Waals surface area contributed by atoms with Crippen LogP contribution in [0, 0.1) is 0 Å². The molecule has 9 atom stereocenters. The first-order valence-electron chi connectivity index (χ1n) is 22.8. The van der Waals surface area contributed by atoms with Crippen LogP contribution in [0.3, 0.4) is 0 Å². The summed E-state index contributed by atoms with van der Waals surface area (Å²) < 4.78 is 33.4. The Hall–Kier alpha value is -3.53. The molecule has 362 valence electrons. The molecule has 64 heavy (non-hydrogen) atoms. The summed E-state index contributed by atoms with van der Waals surface area (Å²) in [6, 6.07) is 0. The third-order valence-electron chi connectivity index (χ3n) is 9.68. The van der Waals surface area contributed by atoms with Crippen LogP contribution < -0.4 is 0 Å². The van der Waals surface area contributed by atoms with E-state index < -0.39 is 81.8 Å². The fourth-order valence-electron chi connectivity index (χ4n) is 6.04. The Kier molecular flexibility index (Phi) is 34.4. The highest BCUT2D eigenvalue weighted by Gasteiger charge is 2.51. The van der Waals surface area contributed by atoms with E-state index in [4.69, 9.17) is 18.5 Å². The molecule has 0 amide bonds. The topological polar surface area (TPSA) is 230 Å². The van der Waals surface area contributed by atoms with Crippen LogP contribution in [-0.4, -0.2) is 110 Å². The Morgan fingerprint density at radius 2 is 1.05 bits per heavy atom. The molecular weight excluding hydrogens is 843 g/mol. The maximum absolute atomic E-state index is 12.8. The van der Waals surface area contributed by atoms with E-state index in [9.17, 15) is 49.7 Å². The van der Waals surface area contributed by atoms with E-state index in [-0.39, 0.29) is 12.8 Å². The van der Waals surface area contributed by atoms with Crippen molar-refractivity contribution in [1.82, 2.24) is 0 Å². The summed E-state index contributed by atoms with van der Waals surface area (Å²) in [7, 11) is -5.16. The third kappa shape index (κ3) is 29.8. The molecule has 0 aromatic heterocycles. The van der Waals surface area contributed by atoms with Gasteiger partial charge in [0.25, 0.3) is 0 Å². The van der Waals surface area contributed by atoms with E-state index >= 15 is 0 Å². The minimum absolute atomic E-state index is 0.0123. The monoisotopic (exact) mass is 921 g/mol. The van der Waals surface area contributed by atoms with Gasteiger partial charge in [-0.05, 0) is 83.5 Å². The highest BCUT2D eigenvalue weighted by Crippen LogP contribution is 2.47. The summed E-state index contributed by atoms with van der Waals surface area (Å²) in [5.74, 6) is -1.23. The number of hydrogen-bond donors (Lipinski definition) is 7. The summed E-state index contributed by atoms with van der Waals surface area (Å²) in [5, 5.41) is 59.9. The molecule has 1 saturated carbocycles. The van der Waals surface area contributed by atoms with Gasteiger partial charge < -0.3 is 45.0 Å². The van der Waals surface area contributed by atoms with Crippen LogP contribution in [0.1, 0.15) is 123 Å². The van der Waals surface area contributed by atoms with Crippen LogP contribution >= 0.6 is 7.82 Å².